The van der Waals surface area contributed by atoms with Crippen molar-refractivity contribution in [3.05, 3.63) is 58.6 Å². The first-order valence-electron chi connectivity index (χ1n) is 4.43. The van der Waals surface area contributed by atoms with Crippen molar-refractivity contribution in [1.29, 1.82) is 0 Å². The molecule has 0 atom stereocenters. The van der Waals surface area contributed by atoms with Crippen molar-refractivity contribution in [2.75, 3.05) is 0 Å². The average molecular weight is 302 g/mol. The predicted molar refractivity (Wildman–Crippen MR) is 67.9 cm³/mol. The molecule has 2 aromatic rings. The van der Waals surface area contributed by atoms with Gasteiger partial charge in [-0.15, -0.1) is 0 Å². The van der Waals surface area contributed by atoms with Crippen LogP contribution in [0.15, 0.2) is 48.5 Å². The summed E-state index contributed by atoms with van der Waals surface area (Å²) in [6.07, 6.45) is 0. The van der Waals surface area contributed by atoms with Crippen LogP contribution in [0.1, 0.15) is 0 Å². The van der Waals surface area contributed by atoms with E-state index in [9.17, 15) is 0 Å². The number of benzene rings is 2. The third-order valence-electron chi connectivity index (χ3n) is 1.86. The zero-order valence-electron chi connectivity index (χ0n) is 7.78. The zero-order chi connectivity index (χ0) is 10.7. The van der Waals surface area contributed by atoms with Gasteiger partial charge in [-0.25, -0.2) is 0 Å². The second-order valence-corrected chi connectivity index (χ2v) is 6.29. The van der Waals surface area contributed by atoms with Crippen molar-refractivity contribution in [3.8, 4) is 0 Å². The fraction of sp³-hybridized carbons (Fsp3) is 0. The molecule has 0 heterocycles. The second kappa shape index (κ2) is 5.05. The van der Waals surface area contributed by atoms with Crippen molar-refractivity contribution in [1.82, 2.24) is 0 Å². The summed E-state index contributed by atoms with van der Waals surface area (Å²) in [5.41, 5.74) is 0. The van der Waals surface area contributed by atoms with Gasteiger partial charge in [0, 0.05) is 0 Å². The van der Waals surface area contributed by atoms with Gasteiger partial charge in [-0.2, -0.15) is 0 Å². The molecule has 0 fully saturated rings. The quantitative estimate of drug-likeness (QED) is 0.748. The number of halogens is 2. The Hall–Kier alpha value is -0.461. The molecule has 0 aliphatic carbocycles. The first-order chi connectivity index (χ1) is 7.24. The molecule has 0 bridgehead atoms. The first-order valence-corrected chi connectivity index (χ1v) is 6.90. The van der Waals surface area contributed by atoms with E-state index in [4.69, 9.17) is 23.2 Å². The monoisotopic (exact) mass is 302 g/mol. The Balaban J connectivity index is 2.15. The van der Waals surface area contributed by atoms with Crippen molar-refractivity contribution in [2.45, 2.75) is 0 Å². The summed E-state index contributed by atoms with van der Waals surface area (Å²) >= 11 is 12.0. The number of hydrogen-bond acceptors (Lipinski definition) is 0. The molecule has 2 rings (SSSR count). The Morgan fingerprint density at radius 1 is 0.600 bits per heavy atom. The van der Waals surface area contributed by atoms with Gasteiger partial charge < -0.3 is 0 Å². The first kappa shape index (κ1) is 11.0. The Kier molecular flexibility index (Phi) is 3.71. The normalized spacial score (nSPS) is 10.3. The molecule has 2 aromatic carbocycles. The van der Waals surface area contributed by atoms with E-state index in [-0.39, 0.29) is 0 Å². The van der Waals surface area contributed by atoms with Crippen LogP contribution in [0.4, 0.5) is 0 Å². The molecule has 0 amide bonds. The van der Waals surface area contributed by atoms with E-state index in [1.54, 1.807) is 0 Å². The molecule has 0 aliphatic rings. The standard InChI is InChI=1S/C12H8Cl2Se/c13-9-1-5-11(6-2-9)15-12-7-3-10(14)4-8-12/h1-8H. The van der Waals surface area contributed by atoms with Crippen molar-refractivity contribution in [2.24, 2.45) is 0 Å². The molecule has 0 nitrogen and oxygen atoms in total. The van der Waals surface area contributed by atoms with E-state index in [1.165, 1.54) is 8.92 Å². The molecule has 0 N–H and O–H groups in total. The van der Waals surface area contributed by atoms with Crippen molar-refractivity contribution >= 4 is 47.1 Å². The fourth-order valence-corrected chi connectivity index (χ4v) is 3.11. The van der Waals surface area contributed by atoms with E-state index in [0.29, 0.717) is 15.0 Å². The van der Waals surface area contributed by atoms with Gasteiger partial charge in [0.25, 0.3) is 0 Å². The van der Waals surface area contributed by atoms with Gasteiger partial charge in [-0.1, -0.05) is 0 Å². The Morgan fingerprint density at radius 3 is 1.27 bits per heavy atom. The summed E-state index contributed by atoms with van der Waals surface area (Å²) in [5.74, 6) is 0. The summed E-state index contributed by atoms with van der Waals surface area (Å²) in [6.45, 7) is 0. The molecule has 0 saturated heterocycles. The van der Waals surface area contributed by atoms with Gasteiger partial charge in [0.15, 0.2) is 0 Å². The van der Waals surface area contributed by atoms with Crippen molar-refractivity contribution < 1.29 is 0 Å². The average Bonchev–Trinajstić information content (AvgIpc) is 2.25. The van der Waals surface area contributed by atoms with Gasteiger partial charge in [-0.05, 0) is 0 Å². The van der Waals surface area contributed by atoms with Gasteiger partial charge in [0.1, 0.15) is 0 Å². The third-order valence-corrected chi connectivity index (χ3v) is 4.50. The van der Waals surface area contributed by atoms with E-state index in [2.05, 4.69) is 24.3 Å². The summed E-state index contributed by atoms with van der Waals surface area (Å²) in [4.78, 5) is 0. The van der Waals surface area contributed by atoms with Crippen LogP contribution < -0.4 is 8.92 Å². The Labute approximate surface area is 105 Å². The van der Waals surface area contributed by atoms with Gasteiger partial charge in [0.2, 0.25) is 0 Å². The molecule has 15 heavy (non-hydrogen) atoms. The topological polar surface area (TPSA) is 0 Å². The SMILES string of the molecule is Clc1ccc([Se]c2ccc(Cl)cc2)cc1. The molecular formula is C12H8Cl2Se. The Morgan fingerprint density at radius 2 is 0.933 bits per heavy atom. The third kappa shape index (κ3) is 3.25. The van der Waals surface area contributed by atoms with E-state index in [1.807, 2.05) is 24.3 Å². The van der Waals surface area contributed by atoms with Crippen LogP contribution in [0, 0.1) is 0 Å². The van der Waals surface area contributed by atoms with Crippen LogP contribution in [-0.4, -0.2) is 15.0 Å². The summed E-state index contributed by atoms with van der Waals surface area (Å²) < 4.78 is 2.63. The Bertz CT molecular complexity index is 391. The summed E-state index contributed by atoms with van der Waals surface area (Å²) in [5, 5.41) is 1.57. The molecule has 0 radical (unpaired) electrons. The minimum atomic E-state index is 0.329. The molecule has 0 unspecified atom stereocenters. The van der Waals surface area contributed by atoms with E-state index < -0.39 is 0 Å². The predicted octanol–water partition coefficient (Wildman–Crippen LogP) is 2.65. The van der Waals surface area contributed by atoms with Crippen LogP contribution in [0.2, 0.25) is 10.0 Å². The zero-order valence-corrected chi connectivity index (χ0v) is 11.0. The van der Waals surface area contributed by atoms with Crippen LogP contribution in [0.25, 0.3) is 0 Å². The van der Waals surface area contributed by atoms with Crippen LogP contribution in [-0.2, 0) is 0 Å². The van der Waals surface area contributed by atoms with Crippen LogP contribution >= 0.6 is 23.2 Å². The van der Waals surface area contributed by atoms with Crippen LogP contribution in [0.3, 0.4) is 0 Å². The maximum atomic E-state index is 5.82. The molecule has 0 saturated carbocycles. The second-order valence-electron chi connectivity index (χ2n) is 3.01. The van der Waals surface area contributed by atoms with Gasteiger partial charge in [0.05, 0.1) is 0 Å². The maximum absolute atomic E-state index is 5.82. The van der Waals surface area contributed by atoms with Crippen LogP contribution in [0.5, 0.6) is 0 Å². The van der Waals surface area contributed by atoms with E-state index in [0.717, 1.165) is 10.0 Å². The molecular weight excluding hydrogens is 294 g/mol. The fourth-order valence-electron chi connectivity index (χ4n) is 1.14. The summed E-state index contributed by atoms with van der Waals surface area (Å²) in [7, 11) is 0. The van der Waals surface area contributed by atoms with Gasteiger partial charge in [-0.3, -0.25) is 0 Å². The molecule has 76 valence electrons. The van der Waals surface area contributed by atoms with E-state index >= 15 is 0 Å². The van der Waals surface area contributed by atoms with Gasteiger partial charge >= 0.3 is 106 Å². The number of hydrogen-bond donors (Lipinski definition) is 0. The molecule has 3 heteroatoms. The van der Waals surface area contributed by atoms with Crippen molar-refractivity contribution in [3.63, 3.8) is 0 Å². The molecule has 0 aromatic heterocycles. The minimum absolute atomic E-state index is 0.329. The number of rotatable bonds is 2. The molecule has 0 spiro atoms. The molecule has 0 aliphatic heterocycles. The summed E-state index contributed by atoms with van der Waals surface area (Å²) in [6, 6.07) is 16.0.